The molecule has 184 valence electrons. The van der Waals surface area contributed by atoms with Crippen LogP contribution in [-0.2, 0) is 26.1 Å². The number of benzene rings is 3. The van der Waals surface area contributed by atoms with Crippen LogP contribution in [0.1, 0.15) is 40.9 Å². The molecule has 0 radical (unpaired) electrons. The lowest BCUT2D eigenvalue weighted by Gasteiger charge is -2.26. The van der Waals surface area contributed by atoms with Crippen molar-refractivity contribution in [3.63, 3.8) is 0 Å². The van der Waals surface area contributed by atoms with E-state index < -0.39 is 22.6 Å². The van der Waals surface area contributed by atoms with Gasteiger partial charge in [-0.2, -0.15) is 0 Å². The van der Waals surface area contributed by atoms with E-state index in [1.54, 1.807) is 36.1 Å². The van der Waals surface area contributed by atoms with Crippen molar-refractivity contribution in [1.82, 2.24) is 4.90 Å². The Bertz CT molecular complexity index is 1300. The van der Waals surface area contributed by atoms with Crippen molar-refractivity contribution in [3.05, 3.63) is 95.1 Å². The number of hydrogen-bond donors (Lipinski definition) is 1. The molecule has 0 heterocycles. The lowest BCUT2D eigenvalue weighted by atomic mass is 10.1. The van der Waals surface area contributed by atoms with Crippen LogP contribution in [0.4, 0.5) is 5.69 Å². The molecule has 3 aromatic rings. The molecule has 7 nitrogen and oxygen atoms in total. The number of rotatable bonds is 9. The third-order valence-electron chi connectivity index (χ3n) is 5.45. The number of esters is 1. The molecular formula is C27H30N2O5S. The minimum atomic E-state index is -3.94. The first-order valence-corrected chi connectivity index (χ1v) is 12.8. The van der Waals surface area contributed by atoms with Crippen molar-refractivity contribution >= 4 is 27.6 Å². The van der Waals surface area contributed by atoms with Gasteiger partial charge < -0.3 is 9.64 Å². The van der Waals surface area contributed by atoms with Crippen LogP contribution in [0.15, 0.2) is 77.7 Å². The van der Waals surface area contributed by atoms with Gasteiger partial charge in [0.05, 0.1) is 10.5 Å². The summed E-state index contributed by atoms with van der Waals surface area (Å²) in [6, 6.07) is 20.7. The molecule has 35 heavy (non-hydrogen) atoms. The van der Waals surface area contributed by atoms with E-state index in [2.05, 4.69) is 4.72 Å². The van der Waals surface area contributed by atoms with E-state index in [-0.39, 0.29) is 22.4 Å². The van der Waals surface area contributed by atoms with Gasteiger partial charge in [-0.25, -0.2) is 13.2 Å². The molecule has 0 aliphatic rings. The molecule has 0 spiro atoms. The highest BCUT2D eigenvalue weighted by atomic mass is 32.2. The SMILES string of the molecule is Cc1cccc(NS(=O)(=O)c2cc(C(=O)OCC(=O)N(Cc3ccccc3)C(C)C)ccc2C)c1. The maximum atomic E-state index is 13.0. The minimum Gasteiger partial charge on any atom is -0.452 e. The third-order valence-corrected chi connectivity index (χ3v) is 6.97. The number of nitrogens with zero attached hydrogens (tertiary/aromatic N) is 1. The number of sulfonamides is 1. The second-order valence-corrected chi connectivity index (χ2v) is 10.3. The molecule has 0 unspecified atom stereocenters. The Balaban J connectivity index is 1.71. The Morgan fingerprint density at radius 1 is 0.943 bits per heavy atom. The molecule has 0 saturated heterocycles. The Morgan fingerprint density at radius 3 is 2.31 bits per heavy atom. The van der Waals surface area contributed by atoms with Gasteiger partial charge in [0, 0.05) is 18.3 Å². The average Bonchev–Trinajstić information content (AvgIpc) is 2.81. The van der Waals surface area contributed by atoms with Crippen LogP contribution < -0.4 is 4.72 Å². The predicted octanol–water partition coefficient (Wildman–Crippen LogP) is 4.70. The molecule has 1 amide bonds. The Kier molecular flexibility index (Phi) is 8.30. The van der Waals surface area contributed by atoms with Crippen molar-refractivity contribution in [2.45, 2.75) is 45.2 Å². The summed E-state index contributed by atoms with van der Waals surface area (Å²) in [6.45, 7) is 7.24. The summed E-state index contributed by atoms with van der Waals surface area (Å²) in [4.78, 5) is 27.1. The fourth-order valence-electron chi connectivity index (χ4n) is 3.57. The molecule has 0 aromatic heterocycles. The third kappa shape index (κ3) is 6.93. The van der Waals surface area contributed by atoms with Crippen molar-refractivity contribution in [1.29, 1.82) is 0 Å². The van der Waals surface area contributed by atoms with Gasteiger partial charge in [0.2, 0.25) is 0 Å². The van der Waals surface area contributed by atoms with E-state index in [0.717, 1.165) is 11.1 Å². The van der Waals surface area contributed by atoms with Gasteiger partial charge in [-0.05, 0) is 68.7 Å². The molecule has 0 atom stereocenters. The van der Waals surface area contributed by atoms with Gasteiger partial charge >= 0.3 is 5.97 Å². The number of amides is 1. The van der Waals surface area contributed by atoms with Crippen LogP contribution in [0, 0.1) is 13.8 Å². The zero-order chi connectivity index (χ0) is 25.6. The van der Waals surface area contributed by atoms with Crippen LogP contribution in [0.25, 0.3) is 0 Å². The fourth-order valence-corrected chi connectivity index (χ4v) is 4.89. The van der Waals surface area contributed by atoms with E-state index in [4.69, 9.17) is 4.74 Å². The smallest absolute Gasteiger partial charge is 0.338 e. The summed E-state index contributed by atoms with van der Waals surface area (Å²) >= 11 is 0. The zero-order valence-electron chi connectivity index (χ0n) is 20.3. The van der Waals surface area contributed by atoms with E-state index in [1.165, 1.54) is 12.1 Å². The molecule has 8 heteroatoms. The summed E-state index contributed by atoms with van der Waals surface area (Å²) in [6.07, 6.45) is 0. The van der Waals surface area contributed by atoms with Gasteiger partial charge in [0.25, 0.3) is 15.9 Å². The van der Waals surface area contributed by atoms with Gasteiger partial charge in [0.15, 0.2) is 6.61 Å². The highest BCUT2D eigenvalue weighted by molar-refractivity contribution is 7.92. The van der Waals surface area contributed by atoms with Crippen molar-refractivity contribution in [3.8, 4) is 0 Å². The number of nitrogens with one attached hydrogen (secondary N) is 1. The molecule has 0 aliphatic heterocycles. The molecule has 3 rings (SSSR count). The maximum absolute atomic E-state index is 13.0. The zero-order valence-corrected chi connectivity index (χ0v) is 21.1. The van der Waals surface area contributed by atoms with Crippen molar-refractivity contribution in [2.75, 3.05) is 11.3 Å². The Labute approximate surface area is 206 Å². The molecule has 0 bridgehead atoms. The van der Waals surface area contributed by atoms with Gasteiger partial charge in [-0.15, -0.1) is 0 Å². The number of carbonyl (C=O) groups is 2. The van der Waals surface area contributed by atoms with Crippen LogP contribution in [0.3, 0.4) is 0 Å². The first kappa shape index (κ1) is 26.0. The molecule has 1 N–H and O–H groups in total. The first-order chi connectivity index (χ1) is 16.6. The second-order valence-electron chi connectivity index (χ2n) is 8.63. The molecule has 0 fully saturated rings. The average molecular weight is 495 g/mol. The Hall–Kier alpha value is -3.65. The van der Waals surface area contributed by atoms with Crippen LogP contribution in [0.2, 0.25) is 0 Å². The number of aryl methyl sites for hydroxylation is 2. The summed E-state index contributed by atoms with van der Waals surface area (Å²) in [7, 11) is -3.94. The Morgan fingerprint density at radius 2 is 1.66 bits per heavy atom. The highest BCUT2D eigenvalue weighted by Crippen LogP contribution is 2.22. The standard InChI is InChI=1S/C27H30N2O5S/c1-19(2)29(17-22-10-6-5-7-11-22)26(30)18-34-27(31)23-14-13-21(4)25(16-23)35(32,33)28-24-12-8-9-20(3)15-24/h5-16,19,28H,17-18H2,1-4H3. The van der Waals surface area contributed by atoms with E-state index in [1.807, 2.05) is 57.2 Å². The van der Waals surface area contributed by atoms with Crippen LogP contribution in [-0.4, -0.2) is 37.8 Å². The molecule has 3 aromatic carbocycles. The lowest BCUT2D eigenvalue weighted by Crippen LogP contribution is -2.39. The van der Waals surface area contributed by atoms with E-state index in [0.29, 0.717) is 17.8 Å². The topological polar surface area (TPSA) is 92.8 Å². The summed E-state index contributed by atoms with van der Waals surface area (Å²) in [5, 5.41) is 0. The largest absolute Gasteiger partial charge is 0.452 e. The first-order valence-electron chi connectivity index (χ1n) is 11.3. The van der Waals surface area contributed by atoms with E-state index >= 15 is 0 Å². The van der Waals surface area contributed by atoms with Crippen LogP contribution in [0.5, 0.6) is 0 Å². The maximum Gasteiger partial charge on any atom is 0.338 e. The van der Waals surface area contributed by atoms with Gasteiger partial charge in [0.1, 0.15) is 0 Å². The number of ether oxygens (including phenoxy) is 1. The summed E-state index contributed by atoms with van der Waals surface area (Å²) in [5.74, 6) is -1.10. The van der Waals surface area contributed by atoms with Crippen molar-refractivity contribution < 1.29 is 22.7 Å². The normalized spacial score (nSPS) is 11.2. The highest BCUT2D eigenvalue weighted by Gasteiger charge is 2.22. The number of hydrogen-bond acceptors (Lipinski definition) is 5. The summed E-state index contributed by atoms with van der Waals surface area (Å²) in [5.41, 5.74) is 2.83. The molecule has 0 saturated carbocycles. The summed E-state index contributed by atoms with van der Waals surface area (Å²) < 4.78 is 33.8. The second kappa shape index (κ2) is 11.2. The predicted molar refractivity (Wildman–Crippen MR) is 136 cm³/mol. The van der Waals surface area contributed by atoms with E-state index in [9.17, 15) is 18.0 Å². The quantitative estimate of drug-likeness (QED) is 0.436. The van der Waals surface area contributed by atoms with Crippen molar-refractivity contribution in [2.24, 2.45) is 0 Å². The van der Waals surface area contributed by atoms with Gasteiger partial charge in [-0.3, -0.25) is 9.52 Å². The fraction of sp³-hybridized carbons (Fsp3) is 0.259. The molecule has 0 aliphatic carbocycles. The van der Waals surface area contributed by atoms with Gasteiger partial charge in [-0.1, -0.05) is 48.5 Å². The number of carbonyl (C=O) groups excluding carboxylic acids is 2. The monoisotopic (exact) mass is 494 g/mol. The lowest BCUT2D eigenvalue weighted by molar-refractivity contribution is -0.136. The molecular weight excluding hydrogens is 464 g/mol. The van der Waals surface area contributed by atoms with Crippen LogP contribution >= 0.6 is 0 Å². The minimum absolute atomic E-state index is 0.0346. The number of anilines is 1.